The van der Waals surface area contributed by atoms with Gasteiger partial charge in [-0.15, -0.1) is 12.6 Å². The number of anilines is 1. The lowest BCUT2D eigenvalue weighted by Gasteiger charge is -2.05. The molecule has 1 aliphatic heterocycles. The van der Waals surface area contributed by atoms with Gasteiger partial charge in [-0.3, -0.25) is 9.59 Å². The Morgan fingerprint density at radius 3 is 2.56 bits per heavy atom. The monoisotopic (exact) mass is 374 g/mol. The Kier molecular flexibility index (Phi) is 4.24. The molecule has 2 N–H and O–H groups in total. The van der Waals surface area contributed by atoms with Crippen LogP contribution >= 0.6 is 12.6 Å². The maximum Gasteiger partial charge on any atom is 0.256 e. The molecule has 4 rings (SSSR count). The van der Waals surface area contributed by atoms with Crippen LogP contribution in [0.1, 0.15) is 34.2 Å². The van der Waals surface area contributed by atoms with Gasteiger partial charge in [0.15, 0.2) is 5.78 Å². The number of ketones is 1. The number of nitrogens with one attached hydrogen (secondary N) is 2. The average Bonchev–Trinajstić information content (AvgIpc) is 3.13. The van der Waals surface area contributed by atoms with Crippen LogP contribution in [0.4, 0.5) is 5.69 Å². The Bertz CT molecular complexity index is 1110. The van der Waals surface area contributed by atoms with Crippen LogP contribution in [-0.4, -0.2) is 16.7 Å². The van der Waals surface area contributed by atoms with E-state index in [1.807, 2.05) is 61.5 Å². The maximum absolute atomic E-state index is 12.5. The molecule has 0 aliphatic carbocycles. The van der Waals surface area contributed by atoms with Crippen LogP contribution in [0.2, 0.25) is 0 Å². The van der Waals surface area contributed by atoms with Crippen molar-refractivity contribution in [1.29, 1.82) is 0 Å². The molecule has 0 saturated heterocycles. The molecule has 0 spiro atoms. The van der Waals surface area contributed by atoms with Crippen LogP contribution in [0, 0.1) is 6.92 Å². The fourth-order valence-electron chi connectivity index (χ4n) is 3.57. The van der Waals surface area contributed by atoms with Crippen LogP contribution < -0.4 is 5.32 Å². The molecule has 2 aromatic carbocycles. The molecule has 2 heterocycles. The molecule has 134 valence electrons. The van der Waals surface area contributed by atoms with Crippen molar-refractivity contribution in [2.45, 2.75) is 18.7 Å². The smallest absolute Gasteiger partial charge is 0.256 e. The molecule has 1 aliphatic rings. The number of amides is 1. The van der Waals surface area contributed by atoms with E-state index in [-0.39, 0.29) is 11.7 Å². The fourth-order valence-corrected chi connectivity index (χ4v) is 3.77. The molecule has 3 aromatic rings. The van der Waals surface area contributed by atoms with Gasteiger partial charge < -0.3 is 10.3 Å². The summed E-state index contributed by atoms with van der Waals surface area (Å²) in [6, 6.07) is 15.3. The fraction of sp³-hybridized carbons (Fsp3) is 0.0909. The van der Waals surface area contributed by atoms with Crippen molar-refractivity contribution in [3.63, 3.8) is 0 Å². The van der Waals surface area contributed by atoms with Crippen LogP contribution in [0.25, 0.3) is 22.8 Å². The van der Waals surface area contributed by atoms with Crippen molar-refractivity contribution < 1.29 is 9.59 Å². The number of carbonyl (C=O) groups is 2. The van der Waals surface area contributed by atoms with Crippen molar-refractivity contribution in [3.05, 3.63) is 71.0 Å². The number of hydrogen-bond acceptors (Lipinski definition) is 3. The molecule has 1 aromatic heterocycles. The predicted octanol–water partition coefficient (Wildman–Crippen LogP) is 4.97. The summed E-state index contributed by atoms with van der Waals surface area (Å²) in [4.78, 5) is 28.9. The predicted molar refractivity (Wildman–Crippen MR) is 111 cm³/mol. The van der Waals surface area contributed by atoms with Gasteiger partial charge in [-0.05, 0) is 43.7 Å². The number of carbonyl (C=O) groups excluding carboxylic acids is 2. The van der Waals surface area contributed by atoms with Crippen LogP contribution in [0.3, 0.4) is 0 Å². The first-order valence-corrected chi connectivity index (χ1v) is 9.06. The third-order valence-corrected chi connectivity index (χ3v) is 4.98. The summed E-state index contributed by atoms with van der Waals surface area (Å²) in [5.74, 6) is -0.180. The number of benzene rings is 2. The Hall–Kier alpha value is -3.05. The van der Waals surface area contributed by atoms with E-state index in [1.54, 1.807) is 6.92 Å². The number of hydrogen-bond donors (Lipinski definition) is 3. The summed E-state index contributed by atoms with van der Waals surface area (Å²) >= 11 is 4.39. The first kappa shape index (κ1) is 17.4. The molecule has 0 bridgehead atoms. The van der Waals surface area contributed by atoms with E-state index in [0.717, 1.165) is 38.7 Å². The third-order valence-electron chi connectivity index (χ3n) is 4.71. The Labute approximate surface area is 162 Å². The molecule has 0 fully saturated rings. The molecule has 0 saturated carbocycles. The molecule has 5 heteroatoms. The van der Waals surface area contributed by atoms with Gasteiger partial charge >= 0.3 is 0 Å². The molecular weight excluding hydrogens is 356 g/mol. The van der Waals surface area contributed by atoms with E-state index < -0.39 is 0 Å². The topological polar surface area (TPSA) is 62.0 Å². The summed E-state index contributed by atoms with van der Waals surface area (Å²) in [7, 11) is 0. The number of aryl methyl sites for hydroxylation is 1. The summed E-state index contributed by atoms with van der Waals surface area (Å²) in [6.45, 7) is 3.43. The summed E-state index contributed by atoms with van der Waals surface area (Å²) < 4.78 is 0. The van der Waals surface area contributed by atoms with Gasteiger partial charge in [0.1, 0.15) is 0 Å². The van der Waals surface area contributed by atoms with E-state index in [4.69, 9.17) is 0 Å². The van der Waals surface area contributed by atoms with Crippen molar-refractivity contribution in [1.82, 2.24) is 4.98 Å². The number of rotatable bonds is 3. The van der Waals surface area contributed by atoms with Crippen molar-refractivity contribution in [2.75, 3.05) is 5.32 Å². The molecular formula is C22H18N2O2S. The van der Waals surface area contributed by atoms with Crippen molar-refractivity contribution >= 4 is 41.7 Å². The highest BCUT2D eigenvalue weighted by Crippen LogP contribution is 2.37. The van der Waals surface area contributed by atoms with Gasteiger partial charge in [-0.1, -0.05) is 30.3 Å². The number of thiol groups is 1. The van der Waals surface area contributed by atoms with Gasteiger partial charge in [0.25, 0.3) is 5.91 Å². The van der Waals surface area contributed by atoms with Crippen molar-refractivity contribution in [3.8, 4) is 11.1 Å². The van der Waals surface area contributed by atoms with E-state index in [1.165, 1.54) is 0 Å². The Morgan fingerprint density at radius 1 is 1.11 bits per heavy atom. The minimum atomic E-state index is -0.167. The first-order chi connectivity index (χ1) is 13.0. The van der Waals surface area contributed by atoms with Crippen molar-refractivity contribution in [2.24, 2.45) is 0 Å². The minimum absolute atomic E-state index is 0.0128. The van der Waals surface area contributed by atoms with Gasteiger partial charge in [-0.2, -0.15) is 0 Å². The second-order valence-corrected chi connectivity index (χ2v) is 7.09. The van der Waals surface area contributed by atoms with Crippen LogP contribution in [-0.2, 0) is 4.79 Å². The number of aromatic amines is 1. The third kappa shape index (κ3) is 3.00. The minimum Gasteiger partial charge on any atom is -0.358 e. The number of Topliss-reactive ketones (excluding diaryl/α,β-unsaturated/α-hetero) is 1. The highest BCUT2D eigenvalue weighted by Gasteiger charge is 2.26. The lowest BCUT2D eigenvalue weighted by Crippen LogP contribution is -2.03. The number of aromatic nitrogens is 1. The Morgan fingerprint density at radius 2 is 1.85 bits per heavy atom. The largest absolute Gasteiger partial charge is 0.358 e. The summed E-state index contributed by atoms with van der Waals surface area (Å²) in [5, 5.41) is 2.88. The van der Waals surface area contributed by atoms with Gasteiger partial charge in [0.2, 0.25) is 0 Å². The van der Waals surface area contributed by atoms with E-state index >= 15 is 0 Å². The Balaban J connectivity index is 1.95. The normalized spacial score (nSPS) is 14.3. The second kappa shape index (κ2) is 6.59. The molecule has 0 atom stereocenters. The molecule has 0 unspecified atom stereocenters. The van der Waals surface area contributed by atoms with E-state index in [2.05, 4.69) is 22.9 Å². The highest BCUT2D eigenvalue weighted by molar-refractivity contribution is 7.80. The zero-order chi connectivity index (χ0) is 19.1. The number of H-pyrrole nitrogens is 1. The van der Waals surface area contributed by atoms with Crippen LogP contribution in [0.5, 0.6) is 0 Å². The first-order valence-electron chi connectivity index (χ1n) is 8.61. The molecule has 0 radical (unpaired) electrons. The SMILES string of the molecule is CC(=O)c1c(C)[nH]c(/C=C2\C(=O)Nc3ccc(S)cc32)c1-c1ccccc1. The van der Waals surface area contributed by atoms with Gasteiger partial charge in [-0.25, -0.2) is 0 Å². The average molecular weight is 374 g/mol. The lowest BCUT2D eigenvalue weighted by molar-refractivity contribution is -0.110. The maximum atomic E-state index is 12.5. The van der Waals surface area contributed by atoms with Crippen LogP contribution in [0.15, 0.2) is 53.4 Å². The standard InChI is InChI=1S/C22H18N2O2S/c1-12-20(13(2)25)21(14-6-4-3-5-7-14)19(23-12)11-17-16-10-15(27)8-9-18(16)24-22(17)26/h3-11,23,27H,1-2H3,(H,24,26)/b17-11-. The molecule has 1 amide bonds. The highest BCUT2D eigenvalue weighted by atomic mass is 32.1. The summed E-state index contributed by atoms with van der Waals surface area (Å²) in [5.41, 5.74) is 6.05. The zero-order valence-corrected chi connectivity index (χ0v) is 15.9. The van der Waals surface area contributed by atoms with E-state index in [0.29, 0.717) is 11.1 Å². The second-order valence-electron chi connectivity index (χ2n) is 6.58. The molecule has 27 heavy (non-hydrogen) atoms. The molecule has 4 nitrogen and oxygen atoms in total. The van der Waals surface area contributed by atoms with Gasteiger partial charge in [0, 0.05) is 38.7 Å². The number of fused-ring (bicyclic) bond motifs is 1. The summed E-state index contributed by atoms with van der Waals surface area (Å²) in [6.07, 6.45) is 1.82. The quantitative estimate of drug-likeness (QED) is 0.344. The zero-order valence-electron chi connectivity index (χ0n) is 15.0. The van der Waals surface area contributed by atoms with Gasteiger partial charge in [0.05, 0.1) is 5.57 Å². The van der Waals surface area contributed by atoms with E-state index in [9.17, 15) is 9.59 Å². The lowest BCUT2D eigenvalue weighted by atomic mass is 9.96.